The molecule has 0 aromatic heterocycles. The molecule has 0 spiro atoms. The molecule has 4 bridgehead atoms. The predicted octanol–water partition coefficient (Wildman–Crippen LogP) is 3.07. The summed E-state index contributed by atoms with van der Waals surface area (Å²) in [5.41, 5.74) is 0.0714. The molecule has 0 saturated heterocycles. The van der Waals surface area contributed by atoms with E-state index in [0.29, 0.717) is 12.6 Å². The number of carbonyl (C=O) groups excluding carboxylic acids is 1. The lowest BCUT2D eigenvalue weighted by molar-refractivity contribution is -0.0191. The van der Waals surface area contributed by atoms with Crippen LogP contribution in [-0.2, 0) is 4.74 Å². The van der Waals surface area contributed by atoms with Crippen LogP contribution in [0.3, 0.4) is 0 Å². The highest BCUT2D eigenvalue weighted by atomic mass is 16.5. The van der Waals surface area contributed by atoms with E-state index in [1.165, 1.54) is 38.5 Å². The van der Waals surface area contributed by atoms with E-state index in [4.69, 9.17) is 4.74 Å². The van der Waals surface area contributed by atoms with Crippen molar-refractivity contribution in [1.29, 1.82) is 0 Å². The molecule has 0 heterocycles. The molecule has 4 rings (SSSR count). The van der Waals surface area contributed by atoms with Gasteiger partial charge < -0.3 is 15.4 Å². The molecule has 4 aliphatic carbocycles. The van der Waals surface area contributed by atoms with Gasteiger partial charge in [0.1, 0.15) is 0 Å². The van der Waals surface area contributed by atoms with Crippen molar-refractivity contribution in [2.45, 2.75) is 70.4 Å². The average Bonchev–Trinajstić information content (AvgIpc) is 2.35. The molecule has 0 atom stereocenters. The molecule has 0 aliphatic heterocycles. The van der Waals surface area contributed by atoms with Crippen LogP contribution < -0.4 is 10.6 Å². The van der Waals surface area contributed by atoms with Gasteiger partial charge in [-0.3, -0.25) is 0 Å². The third-order valence-corrected chi connectivity index (χ3v) is 5.51. The smallest absolute Gasteiger partial charge is 0.407 e. The Hall–Kier alpha value is -0.770. The van der Waals surface area contributed by atoms with E-state index in [-0.39, 0.29) is 11.6 Å². The van der Waals surface area contributed by atoms with Gasteiger partial charge in [0.2, 0.25) is 0 Å². The summed E-state index contributed by atoms with van der Waals surface area (Å²) >= 11 is 0. The van der Waals surface area contributed by atoms with Crippen molar-refractivity contribution in [1.82, 2.24) is 10.6 Å². The number of hydrogen-bond acceptors (Lipinski definition) is 3. The van der Waals surface area contributed by atoms with Gasteiger partial charge in [-0.05, 0) is 69.2 Å². The Labute approximate surface area is 128 Å². The molecule has 21 heavy (non-hydrogen) atoms. The maximum Gasteiger partial charge on any atom is 0.407 e. The highest BCUT2D eigenvalue weighted by molar-refractivity contribution is 5.68. The van der Waals surface area contributed by atoms with Gasteiger partial charge in [0.05, 0.1) is 6.61 Å². The van der Waals surface area contributed by atoms with Gasteiger partial charge in [-0.25, -0.2) is 4.79 Å². The van der Waals surface area contributed by atoms with E-state index >= 15 is 0 Å². The number of alkyl carbamates (subject to hydrolysis) is 1. The van der Waals surface area contributed by atoms with E-state index in [1.807, 2.05) is 0 Å². The summed E-state index contributed by atoms with van der Waals surface area (Å²) in [6.07, 6.45) is 8.44. The number of ether oxygens (including phenoxy) is 1. The van der Waals surface area contributed by atoms with Gasteiger partial charge >= 0.3 is 6.09 Å². The normalized spacial score (nSPS) is 37.0. The molecular weight excluding hydrogens is 264 g/mol. The van der Waals surface area contributed by atoms with Crippen molar-refractivity contribution in [3.8, 4) is 0 Å². The van der Waals surface area contributed by atoms with Gasteiger partial charge in [-0.2, -0.15) is 0 Å². The Balaban J connectivity index is 1.41. The fourth-order valence-electron chi connectivity index (χ4n) is 5.14. The van der Waals surface area contributed by atoms with Crippen LogP contribution in [0.1, 0.15) is 58.8 Å². The standard InChI is InChI=1S/C17H30N2O2/c1-12(2)18-4-3-5-21-16(20)19-17-9-13-6-14(10-17)8-15(7-13)11-17/h12-15,18H,3-11H2,1-2H3,(H,19,20). The van der Waals surface area contributed by atoms with Gasteiger partial charge in [0.15, 0.2) is 0 Å². The zero-order valence-electron chi connectivity index (χ0n) is 13.5. The lowest BCUT2D eigenvalue weighted by atomic mass is 9.53. The van der Waals surface area contributed by atoms with Crippen LogP contribution in [0.5, 0.6) is 0 Å². The zero-order valence-corrected chi connectivity index (χ0v) is 13.5. The molecule has 0 aromatic carbocycles. The number of rotatable bonds is 6. The highest BCUT2D eigenvalue weighted by Crippen LogP contribution is 2.55. The van der Waals surface area contributed by atoms with Gasteiger partial charge in [0.25, 0.3) is 0 Å². The molecule has 0 radical (unpaired) electrons. The second-order valence-electron chi connectivity index (χ2n) is 7.92. The first kappa shape index (κ1) is 15.1. The van der Waals surface area contributed by atoms with Crippen LogP contribution in [0.4, 0.5) is 4.79 Å². The largest absolute Gasteiger partial charge is 0.450 e. The molecule has 120 valence electrons. The third-order valence-electron chi connectivity index (χ3n) is 5.51. The summed E-state index contributed by atoms with van der Waals surface area (Å²) in [5, 5.41) is 6.58. The SMILES string of the molecule is CC(C)NCCCOC(=O)NC12CC3CC(CC(C3)C1)C2. The first-order chi connectivity index (χ1) is 10.0. The summed E-state index contributed by atoms with van der Waals surface area (Å²) in [6, 6.07) is 0.492. The summed E-state index contributed by atoms with van der Waals surface area (Å²) in [7, 11) is 0. The van der Waals surface area contributed by atoms with Gasteiger partial charge in [-0.1, -0.05) is 13.8 Å². The minimum Gasteiger partial charge on any atom is -0.450 e. The Morgan fingerprint density at radius 1 is 1.14 bits per heavy atom. The van der Waals surface area contributed by atoms with Crippen molar-refractivity contribution in [3.05, 3.63) is 0 Å². The Bertz CT molecular complexity index is 346. The van der Waals surface area contributed by atoms with E-state index in [0.717, 1.165) is 30.7 Å². The molecule has 4 nitrogen and oxygen atoms in total. The molecule has 4 fully saturated rings. The summed E-state index contributed by atoms with van der Waals surface area (Å²) in [6.45, 7) is 5.67. The van der Waals surface area contributed by atoms with Crippen LogP contribution in [-0.4, -0.2) is 30.8 Å². The topological polar surface area (TPSA) is 50.4 Å². The van der Waals surface area contributed by atoms with Gasteiger partial charge in [0, 0.05) is 11.6 Å². The fourth-order valence-corrected chi connectivity index (χ4v) is 5.14. The van der Waals surface area contributed by atoms with Crippen molar-refractivity contribution < 1.29 is 9.53 Å². The van der Waals surface area contributed by atoms with Crippen molar-refractivity contribution in [2.24, 2.45) is 17.8 Å². The molecule has 0 aromatic rings. The molecule has 2 N–H and O–H groups in total. The first-order valence-corrected chi connectivity index (χ1v) is 8.73. The summed E-state index contributed by atoms with van der Waals surface area (Å²) in [4.78, 5) is 12.1. The van der Waals surface area contributed by atoms with Crippen molar-refractivity contribution >= 4 is 6.09 Å². The third kappa shape index (κ3) is 3.71. The second kappa shape index (κ2) is 6.15. The molecule has 4 saturated carbocycles. The van der Waals surface area contributed by atoms with Crippen LogP contribution in [0.2, 0.25) is 0 Å². The summed E-state index contributed by atoms with van der Waals surface area (Å²) < 4.78 is 5.37. The zero-order chi connectivity index (χ0) is 14.9. The highest BCUT2D eigenvalue weighted by Gasteiger charge is 2.51. The average molecular weight is 294 g/mol. The predicted molar refractivity (Wildman–Crippen MR) is 83.1 cm³/mol. The first-order valence-electron chi connectivity index (χ1n) is 8.73. The van der Waals surface area contributed by atoms with Crippen molar-refractivity contribution in [2.75, 3.05) is 13.2 Å². The minimum atomic E-state index is -0.193. The lowest BCUT2D eigenvalue weighted by Crippen LogP contribution is -2.59. The summed E-state index contributed by atoms with van der Waals surface area (Å²) in [5.74, 6) is 2.56. The second-order valence-corrected chi connectivity index (χ2v) is 7.92. The maximum absolute atomic E-state index is 12.1. The number of nitrogens with one attached hydrogen (secondary N) is 2. The van der Waals surface area contributed by atoms with Crippen LogP contribution in [0.25, 0.3) is 0 Å². The van der Waals surface area contributed by atoms with Crippen molar-refractivity contribution in [3.63, 3.8) is 0 Å². The molecular formula is C17H30N2O2. The van der Waals surface area contributed by atoms with E-state index in [9.17, 15) is 4.79 Å². The van der Waals surface area contributed by atoms with Crippen LogP contribution in [0, 0.1) is 17.8 Å². The lowest BCUT2D eigenvalue weighted by Gasteiger charge is -2.56. The number of amides is 1. The Morgan fingerprint density at radius 2 is 1.71 bits per heavy atom. The van der Waals surface area contributed by atoms with E-state index in [1.54, 1.807) is 0 Å². The number of hydrogen-bond donors (Lipinski definition) is 2. The maximum atomic E-state index is 12.1. The Morgan fingerprint density at radius 3 is 2.24 bits per heavy atom. The minimum absolute atomic E-state index is 0.0714. The van der Waals surface area contributed by atoms with Crippen LogP contribution in [0.15, 0.2) is 0 Å². The Kier molecular flexibility index (Phi) is 4.43. The van der Waals surface area contributed by atoms with E-state index in [2.05, 4.69) is 24.5 Å². The molecule has 0 unspecified atom stereocenters. The monoisotopic (exact) mass is 294 g/mol. The molecule has 4 heteroatoms. The number of carbonyl (C=O) groups is 1. The van der Waals surface area contributed by atoms with E-state index < -0.39 is 0 Å². The quantitative estimate of drug-likeness (QED) is 0.740. The van der Waals surface area contributed by atoms with Gasteiger partial charge in [-0.15, -0.1) is 0 Å². The fraction of sp³-hybridized carbons (Fsp3) is 0.941. The van der Waals surface area contributed by atoms with Crippen LogP contribution >= 0.6 is 0 Å². The molecule has 1 amide bonds. The molecule has 4 aliphatic rings.